The van der Waals surface area contributed by atoms with Crippen LogP contribution in [-0.2, 0) is 15.8 Å². The first-order valence-corrected chi connectivity index (χ1v) is 6.05. The Morgan fingerprint density at radius 3 is 2.56 bits per heavy atom. The van der Waals surface area contributed by atoms with Gasteiger partial charge < -0.3 is 5.11 Å². The van der Waals surface area contributed by atoms with Crippen LogP contribution in [0.4, 0.5) is 0 Å². The Labute approximate surface area is 93.0 Å². The van der Waals surface area contributed by atoms with Crippen molar-refractivity contribution in [2.24, 2.45) is 5.73 Å². The SMILES string of the molecule is NC1(O)CC=C(S(=O)(=O)O)c2ccccc21. The minimum absolute atomic E-state index is 0.0564. The van der Waals surface area contributed by atoms with E-state index in [4.69, 9.17) is 10.3 Å². The molecule has 0 aliphatic heterocycles. The van der Waals surface area contributed by atoms with Gasteiger partial charge in [0.25, 0.3) is 10.1 Å². The molecule has 1 aliphatic rings. The zero-order valence-electron chi connectivity index (χ0n) is 8.29. The number of benzene rings is 1. The molecule has 0 heterocycles. The molecular formula is C10H11NO4S. The summed E-state index contributed by atoms with van der Waals surface area (Å²) in [6.45, 7) is 0. The number of nitrogens with two attached hydrogens (primary N) is 1. The van der Waals surface area contributed by atoms with E-state index in [9.17, 15) is 13.5 Å². The van der Waals surface area contributed by atoms with Crippen LogP contribution in [0.15, 0.2) is 30.3 Å². The Morgan fingerprint density at radius 2 is 1.94 bits per heavy atom. The summed E-state index contributed by atoms with van der Waals surface area (Å²) < 4.78 is 31.3. The second-order valence-electron chi connectivity index (χ2n) is 3.72. The van der Waals surface area contributed by atoms with Crippen molar-refractivity contribution in [1.29, 1.82) is 0 Å². The fourth-order valence-corrected chi connectivity index (χ4v) is 2.54. The van der Waals surface area contributed by atoms with E-state index in [0.717, 1.165) is 0 Å². The lowest BCUT2D eigenvalue weighted by molar-refractivity contribution is 0.0454. The molecule has 5 nitrogen and oxygen atoms in total. The van der Waals surface area contributed by atoms with E-state index in [2.05, 4.69) is 0 Å². The first-order chi connectivity index (χ1) is 7.32. The zero-order chi connectivity index (χ0) is 12.0. The third kappa shape index (κ3) is 1.76. The molecule has 0 saturated heterocycles. The fourth-order valence-electron chi connectivity index (χ4n) is 1.79. The predicted molar refractivity (Wildman–Crippen MR) is 58.7 cm³/mol. The van der Waals surface area contributed by atoms with Crippen LogP contribution in [-0.4, -0.2) is 18.1 Å². The summed E-state index contributed by atoms with van der Waals surface area (Å²) >= 11 is 0. The summed E-state index contributed by atoms with van der Waals surface area (Å²) in [4.78, 5) is -0.210. The van der Waals surface area contributed by atoms with E-state index in [1.54, 1.807) is 12.1 Å². The largest absolute Gasteiger partial charge is 0.371 e. The van der Waals surface area contributed by atoms with E-state index >= 15 is 0 Å². The van der Waals surface area contributed by atoms with Crippen LogP contribution < -0.4 is 5.73 Å². The Hall–Kier alpha value is -1.21. The number of hydrogen-bond acceptors (Lipinski definition) is 4. The second-order valence-corrected chi connectivity index (χ2v) is 5.11. The van der Waals surface area contributed by atoms with Gasteiger partial charge in [-0.2, -0.15) is 8.42 Å². The first-order valence-electron chi connectivity index (χ1n) is 4.61. The molecule has 0 amide bonds. The van der Waals surface area contributed by atoms with Crippen molar-refractivity contribution >= 4 is 15.0 Å². The molecule has 0 bridgehead atoms. The van der Waals surface area contributed by atoms with E-state index in [1.807, 2.05) is 0 Å². The van der Waals surface area contributed by atoms with Crippen molar-refractivity contribution in [3.05, 3.63) is 41.5 Å². The molecule has 6 heteroatoms. The van der Waals surface area contributed by atoms with Crippen LogP contribution in [0.1, 0.15) is 17.5 Å². The fraction of sp³-hybridized carbons (Fsp3) is 0.200. The van der Waals surface area contributed by atoms with Crippen LogP contribution in [0.25, 0.3) is 4.91 Å². The molecule has 0 aromatic heterocycles. The maximum absolute atomic E-state index is 11.1. The number of rotatable bonds is 1. The average molecular weight is 241 g/mol. The highest BCUT2D eigenvalue weighted by Gasteiger charge is 2.33. The zero-order valence-corrected chi connectivity index (χ0v) is 9.11. The monoisotopic (exact) mass is 241 g/mol. The highest BCUT2D eigenvalue weighted by atomic mass is 32.2. The first kappa shape index (κ1) is 11.3. The topological polar surface area (TPSA) is 101 Å². The molecule has 4 N–H and O–H groups in total. The lowest BCUT2D eigenvalue weighted by Gasteiger charge is -2.29. The van der Waals surface area contributed by atoms with Gasteiger partial charge in [-0.3, -0.25) is 10.3 Å². The lowest BCUT2D eigenvalue weighted by Crippen LogP contribution is -2.38. The normalized spacial score (nSPS) is 24.8. The van der Waals surface area contributed by atoms with Crippen molar-refractivity contribution in [2.75, 3.05) is 0 Å². The number of aliphatic hydroxyl groups is 1. The Kier molecular flexibility index (Phi) is 2.39. The van der Waals surface area contributed by atoms with E-state index in [0.29, 0.717) is 5.56 Å². The van der Waals surface area contributed by atoms with Gasteiger partial charge in [-0.25, -0.2) is 0 Å². The highest BCUT2D eigenvalue weighted by Crippen LogP contribution is 2.36. The molecule has 1 aliphatic carbocycles. The lowest BCUT2D eigenvalue weighted by atomic mass is 9.90. The van der Waals surface area contributed by atoms with E-state index in [-0.39, 0.29) is 16.9 Å². The molecule has 1 aromatic rings. The van der Waals surface area contributed by atoms with Gasteiger partial charge in [0.2, 0.25) is 0 Å². The van der Waals surface area contributed by atoms with Crippen LogP contribution in [0, 0.1) is 0 Å². The van der Waals surface area contributed by atoms with Crippen LogP contribution in [0.2, 0.25) is 0 Å². The molecule has 0 spiro atoms. The number of hydrogen-bond donors (Lipinski definition) is 3. The molecule has 16 heavy (non-hydrogen) atoms. The summed E-state index contributed by atoms with van der Waals surface area (Å²) in [5, 5.41) is 9.87. The summed E-state index contributed by atoms with van der Waals surface area (Å²) in [6, 6.07) is 6.28. The molecule has 86 valence electrons. The molecule has 1 atom stereocenters. The van der Waals surface area contributed by atoms with E-state index in [1.165, 1.54) is 18.2 Å². The molecule has 0 radical (unpaired) electrons. The Morgan fingerprint density at radius 1 is 1.31 bits per heavy atom. The van der Waals surface area contributed by atoms with Crippen LogP contribution in [0.3, 0.4) is 0 Å². The second kappa shape index (κ2) is 3.39. The molecule has 2 rings (SSSR count). The third-order valence-electron chi connectivity index (χ3n) is 2.54. The van der Waals surface area contributed by atoms with Crippen molar-refractivity contribution in [2.45, 2.75) is 12.1 Å². The van der Waals surface area contributed by atoms with Gasteiger partial charge in [-0.05, 0) is 0 Å². The summed E-state index contributed by atoms with van der Waals surface area (Å²) in [5.41, 5.74) is 4.57. The van der Waals surface area contributed by atoms with Crippen molar-refractivity contribution in [1.82, 2.24) is 0 Å². The van der Waals surface area contributed by atoms with Gasteiger partial charge in [0, 0.05) is 17.5 Å². The van der Waals surface area contributed by atoms with Gasteiger partial charge in [-0.1, -0.05) is 30.3 Å². The van der Waals surface area contributed by atoms with Gasteiger partial charge >= 0.3 is 0 Å². The molecule has 0 fully saturated rings. The molecule has 1 aromatic carbocycles. The van der Waals surface area contributed by atoms with Gasteiger partial charge in [0.15, 0.2) is 0 Å². The maximum Gasteiger partial charge on any atom is 0.294 e. The van der Waals surface area contributed by atoms with Gasteiger partial charge in [0.1, 0.15) is 5.72 Å². The van der Waals surface area contributed by atoms with E-state index < -0.39 is 15.8 Å². The summed E-state index contributed by atoms with van der Waals surface area (Å²) in [7, 11) is -4.30. The molecule has 0 saturated carbocycles. The molecule has 1 unspecified atom stereocenters. The predicted octanol–water partition coefficient (Wildman–Crippen LogP) is 0.423. The smallest absolute Gasteiger partial charge is 0.294 e. The standard InChI is InChI=1S/C10H11NO4S/c11-10(12)6-5-9(16(13,14)15)7-3-1-2-4-8(7)10/h1-5,12H,6,11H2,(H,13,14,15). The summed E-state index contributed by atoms with van der Waals surface area (Å²) in [5.74, 6) is 0. The van der Waals surface area contributed by atoms with Crippen molar-refractivity contribution in [3.63, 3.8) is 0 Å². The van der Waals surface area contributed by atoms with Crippen molar-refractivity contribution in [3.8, 4) is 0 Å². The van der Waals surface area contributed by atoms with Crippen LogP contribution in [0.5, 0.6) is 0 Å². The quantitative estimate of drug-likeness (QED) is 0.488. The third-order valence-corrected chi connectivity index (χ3v) is 3.48. The molecular weight excluding hydrogens is 230 g/mol. The van der Waals surface area contributed by atoms with Crippen molar-refractivity contribution < 1.29 is 18.1 Å². The van der Waals surface area contributed by atoms with Crippen LogP contribution >= 0.6 is 0 Å². The minimum Gasteiger partial charge on any atom is -0.371 e. The van der Waals surface area contributed by atoms with Gasteiger partial charge in [-0.15, -0.1) is 0 Å². The number of fused-ring (bicyclic) bond motifs is 1. The Bertz CT molecular complexity index is 560. The minimum atomic E-state index is -4.30. The Balaban J connectivity index is 2.70. The summed E-state index contributed by atoms with van der Waals surface area (Å²) in [6.07, 6.45) is 1.16. The highest BCUT2D eigenvalue weighted by molar-refractivity contribution is 7.95. The average Bonchev–Trinajstić information content (AvgIpc) is 2.16. The maximum atomic E-state index is 11.1. The van der Waals surface area contributed by atoms with Gasteiger partial charge in [0.05, 0.1) is 4.91 Å².